The molecule has 1 heterocycles. The summed E-state index contributed by atoms with van der Waals surface area (Å²) in [5.41, 5.74) is 0.586. The van der Waals surface area contributed by atoms with Gasteiger partial charge in [-0.15, -0.1) is 5.10 Å². The van der Waals surface area contributed by atoms with E-state index in [1.54, 1.807) is 12.1 Å². The molecule has 0 atom stereocenters. The summed E-state index contributed by atoms with van der Waals surface area (Å²) in [6.45, 7) is 1.91. The van der Waals surface area contributed by atoms with Crippen molar-refractivity contribution in [2.24, 2.45) is 0 Å². The molecule has 0 spiro atoms. The minimum Gasteiger partial charge on any atom is -0.493 e. The van der Waals surface area contributed by atoms with Gasteiger partial charge in [0.2, 0.25) is 17.5 Å². The number of ether oxygens (including phenoxy) is 3. The molecule has 2 aromatic rings. The van der Waals surface area contributed by atoms with Crippen LogP contribution in [0.2, 0.25) is 0 Å². The van der Waals surface area contributed by atoms with Gasteiger partial charge in [-0.05, 0) is 18.6 Å². The first-order valence-corrected chi connectivity index (χ1v) is 7.06. The zero-order valence-electron chi connectivity index (χ0n) is 13.5. The van der Waals surface area contributed by atoms with Crippen molar-refractivity contribution < 1.29 is 23.4 Å². The zero-order valence-corrected chi connectivity index (χ0v) is 13.5. The third-order valence-corrected chi connectivity index (χ3v) is 3.06. The SMILES string of the molecule is CCCC(=O)Nc1nnc(-c2cc(OC)c(OC)c(OC)c2)o1. The second kappa shape index (κ2) is 7.48. The zero-order chi connectivity index (χ0) is 16.8. The molecule has 1 amide bonds. The van der Waals surface area contributed by atoms with Gasteiger partial charge >= 0.3 is 6.01 Å². The van der Waals surface area contributed by atoms with Gasteiger partial charge in [-0.25, -0.2) is 0 Å². The van der Waals surface area contributed by atoms with Crippen LogP contribution in [-0.2, 0) is 4.79 Å². The highest BCUT2D eigenvalue weighted by atomic mass is 16.5. The van der Waals surface area contributed by atoms with E-state index in [1.807, 2.05) is 6.92 Å². The molecule has 1 aromatic heterocycles. The van der Waals surface area contributed by atoms with E-state index in [-0.39, 0.29) is 17.8 Å². The van der Waals surface area contributed by atoms with Crippen LogP contribution in [-0.4, -0.2) is 37.4 Å². The van der Waals surface area contributed by atoms with E-state index in [4.69, 9.17) is 18.6 Å². The smallest absolute Gasteiger partial charge is 0.322 e. The Hall–Kier alpha value is -2.77. The number of benzene rings is 1. The van der Waals surface area contributed by atoms with Crippen LogP contribution in [0.25, 0.3) is 11.5 Å². The number of amides is 1. The summed E-state index contributed by atoms with van der Waals surface area (Å²) in [4.78, 5) is 11.5. The first-order chi connectivity index (χ1) is 11.1. The Balaban J connectivity index is 2.31. The van der Waals surface area contributed by atoms with Gasteiger partial charge in [-0.2, -0.15) is 0 Å². The molecule has 0 unspecified atom stereocenters. The van der Waals surface area contributed by atoms with Crippen molar-refractivity contribution >= 4 is 11.9 Å². The first-order valence-electron chi connectivity index (χ1n) is 7.06. The molecule has 0 saturated heterocycles. The number of carbonyl (C=O) groups excluding carboxylic acids is 1. The van der Waals surface area contributed by atoms with Crippen LogP contribution in [0.15, 0.2) is 16.5 Å². The summed E-state index contributed by atoms with van der Waals surface area (Å²) in [6, 6.07) is 3.42. The van der Waals surface area contributed by atoms with Gasteiger partial charge in [-0.1, -0.05) is 12.0 Å². The van der Waals surface area contributed by atoms with Gasteiger partial charge in [0.15, 0.2) is 11.5 Å². The Morgan fingerprint density at radius 3 is 2.30 bits per heavy atom. The van der Waals surface area contributed by atoms with E-state index in [0.717, 1.165) is 6.42 Å². The summed E-state index contributed by atoms with van der Waals surface area (Å²) in [5, 5.41) is 10.3. The number of anilines is 1. The minimum absolute atomic E-state index is 0.0483. The number of hydrogen-bond donors (Lipinski definition) is 1. The van der Waals surface area contributed by atoms with Crippen molar-refractivity contribution in [1.82, 2.24) is 10.2 Å². The van der Waals surface area contributed by atoms with E-state index in [0.29, 0.717) is 29.2 Å². The fourth-order valence-corrected chi connectivity index (χ4v) is 2.00. The fourth-order valence-electron chi connectivity index (χ4n) is 2.00. The number of hydrogen-bond acceptors (Lipinski definition) is 7. The quantitative estimate of drug-likeness (QED) is 0.837. The third kappa shape index (κ3) is 3.71. The molecule has 8 heteroatoms. The molecule has 0 aliphatic carbocycles. The Labute approximate surface area is 133 Å². The van der Waals surface area contributed by atoms with Crippen LogP contribution < -0.4 is 19.5 Å². The molecule has 8 nitrogen and oxygen atoms in total. The summed E-state index contributed by atoms with van der Waals surface area (Å²) in [7, 11) is 4.56. The average Bonchev–Trinajstić information content (AvgIpc) is 3.01. The number of carbonyl (C=O) groups is 1. The fraction of sp³-hybridized carbons (Fsp3) is 0.400. The molecular weight excluding hydrogens is 302 g/mol. The second-order valence-electron chi connectivity index (χ2n) is 4.62. The minimum atomic E-state index is -0.174. The highest BCUT2D eigenvalue weighted by Crippen LogP contribution is 2.41. The van der Waals surface area contributed by atoms with E-state index in [1.165, 1.54) is 21.3 Å². The van der Waals surface area contributed by atoms with Gasteiger partial charge in [0.1, 0.15) is 0 Å². The molecule has 124 valence electrons. The topological polar surface area (TPSA) is 95.7 Å². The molecule has 0 bridgehead atoms. The summed E-state index contributed by atoms with van der Waals surface area (Å²) >= 11 is 0. The Kier molecular flexibility index (Phi) is 5.40. The highest BCUT2D eigenvalue weighted by molar-refractivity contribution is 5.88. The van der Waals surface area contributed by atoms with Crippen molar-refractivity contribution in [3.63, 3.8) is 0 Å². The molecule has 0 saturated carbocycles. The highest BCUT2D eigenvalue weighted by Gasteiger charge is 2.18. The predicted octanol–water partition coefficient (Wildman–Crippen LogP) is 2.50. The average molecular weight is 321 g/mol. The van der Waals surface area contributed by atoms with E-state index in [9.17, 15) is 4.79 Å². The van der Waals surface area contributed by atoms with Gasteiger partial charge in [-0.3, -0.25) is 10.1 Å². The van der Waals surface area contributed by atoms with E-state index < -0.39 is 0 Å². The molecule has 2 rings (SSSR count). The normalized spacial score (nSPS) is 10.3. The number of nitrogens with zero attached hydrogens (tertiary/aromatic N) is 2. The largest absolute Gasteiger partial charge is 0.493 e. The maximum atomic E-state index is 11.5. The molecule has 0 aliphatic heterocycles. The summed E-state index contributed by atoms with van der Waals surface area (Å²) in [5.74, 6) is 1.46. The number of methoxy groups -OCH3 is 3. The van der Waals surface area contributed by atoms with Crippen LogP contribution in [0.5, 0.6) is 17.2 Å². The van der Waals surface area contributed by atoms with Crippen molar-refractivity contribution in [3.05, 3.63) is 12.1 Å². The Morgan fingerprint density at radius 2 is 1.78 bits per heavy atom. The molecule has 0 radical (unpaired) electrons. The van der Waals surface area contributed by atoms with Crippen LogP contribution in [0.1, 0.15) is 19.8 Å². The molecule has 23 heavy (non-hydrogen) atoms. The van der Waals surface area contributed by atoms with Gasteiger partial charge in [0.25, 0.3) is 0 Å². The van der Waals surface area contributed by atoms with Crippen molar-refractivity contribution in [2.45, 2.75) is 19.8 Å². The van der Waals surface area contributed by atoms with Crippen LogP contribution in [0, 0.1) is 0 Å². The van der Waals surface area contributed by atoms with Crippen molar-refractivity contribution in [2.75, 3.05) is 26.6 Å². The van der Waals surface area contributed by atoms with Gasteiger partial charge in [0, 0.05) is 12.0 Å². The van der Waals surface area contributed by atoms with Crippen molar-refractivity contribution in [3.8, 4) is 28.7 Å². The molecule has 0 fully saturated rings. The standard InChI is InChI=1S/C15H19N3O5/c1-5-6-12(19)16-15-18-17-14(23-15)9-7-10(20-2)13(22-4)11(8-9)21-3/h7-8H,5-6H2,1-4H3,(H,16,18,19). The maximum Gasteiger partial charge on any atom is 0.322 e. The summed E-state index contributed by atoms with van der Waals surface area (Å²) in [6.07, 6.45) is 1.13. The number of aromatic nitrogens is 2. The van der Waals surface area contributed by atoms with Crippen LogP contribution in [0.4, 0.5) is 6.01 Å². The van der Waals surface area contributed by atoms with E-state index in [2.05, 4.69) is 15.5 Å². The predicted molar refractivity (Wildman–Crippen MR) is 82.9 cm³/mol. The van der Waals surface area contributed by atoms with Crippen LogP contribution >= 0.6 is 0 Å². The van der Waals surface area contributed by atoms with E-state index >= 15 is 0 Å². The Bertz CT molecular complexity index is 658. The lowest BCUT2D eigenvalue weighted by molar-refractivity contribution is -0.116. The number of rotatable bonds is 7. The molecule has 0 aliphatic rings. The first kappa shape index (κ1) is 16.6. The summed E-state index contributed by atoms with van der Waals surface area (Å²) < 4.78 is 21.3. The van der Waals surface area contributed by atoms with Gasteiger partial charge in [0.05, 0.1) is 21.3 Å². The lowest BCUT2D eigenvalue weighted by Gasteiger charge is -2.12. The monoisotopic (exact) mass is 321 g/mol. The molecule has 1 aromatic carbocycles. The maximum absolute atomic E-state index is 11.5. The number of nitrogens with one attached hydrogen (secondary N) is 1. The van der Waals surface area contributed by atoms with Gasteiger partial charge < -0.3 is 18.6 Å². The Morgan fingerprint density at radius 1 is 1.13 bits per heavy atom. The second-order valence-corrected chi connectivity index (χ2v) is 4.62. The lowest BCUT2D eigenvalue weighted by atomic mass is 10.2. The lowest BCUT2D eigenvalue weighted by Crippen LogP contribution is -2.10. The van der Waals surface area contributed by atoms with Crippen LogP contribution in [0.3, 0.4) is 0 Å². The molecule has 1 N–H and O–H groups in total. The van der Waals surface area contributed by atoms with Crippen molar-refractivity contribution in [1.29, 1.82) is 0 Å². The molecular formula is C15H19N3O5. The third-order valence-electron chi connectivity index (χ3n) is 3.06.